The van der Waals surface area contributed by atoms with E-state index in [4.69, 9.17) is 0 Å². The van der Waals surface area contributed by atoms with Crippen molar-refractivity contribution in [2.24, 2.45) is 11.8 Å². The van der Waals surface area contributed by atoms with Gasteiger partial charge in [0, 0.05) is 45.0 Å². The Labute approximate surface area is 380 Å². The highest BCUT2D eigenvalue weighted by Crippen LogP contribution is 2.42. The summed E-state index contributed by atoms with van der Waals surface area (Å²) in [7, 11) is 0. The second kappa shape index (κ2) is 29.0. The zero-order chi connectivity index (χ0) is 43.8. The standard InChI is InChI=1S/C54H85BrN2O4/c1-5-9-13-17-21-23-27-31-34-42(33-29-25-19-15-11-7-3)40-56-51(58)44-37-38-45-49-48(44)46(53(56)60)39-47(55)50(49)54(61)57(52(45)59)41-43(35-30-26-20-16-12-8-4)36-32-28-24-22-18-14-10-6-2/h37-39,42-43H,5-36,40-41H2,1-4H3. The number of carbonyl (C=O) groups excluding carboxylic acids is 4. The molecule has 0 radical (unpaired) electrons. The Hall–Kier alpha value is -2.54. The summed E-state index contributed by atoms with van der Waals surface area (Å²) in [5.41, 5.74) is 1.67. The van der Waals surface area contributed by atoms with Crippen molar-refractivity contribution in [2.75, 3.05) is 13.1 Å². The number of halogens is 1. The lowest BCUT2D eigenvalue weighted by molar-refractivity contribution is 0.0556. The van der Waals surface area contributed by atoms with Crippen LogP contribution >= 0.6 is 15.9 Å². The fourth-order valence-electron chi connectivity index (χ4n) is 10.1. The number of rotatable bonds is 36. The van der Waals surface area contributed by atoms with E-state index in [-0.39, 0.29) is 35.5 Å². The van der Waals surface area contributed by atoms with Crippen molar-refractivity contribution in [2.45, 2.75) is 233 Å². The molecule has 0 bridgehead atoms. The Balaban J connectivity index is 1.50. The van der Waals surface area contributed by atoms with Crippen LogP contribution in [0.1, 0.15) is 275 Å². The zero-order valence-corrected chi connectivity index (χ0v) is 40.9. The van der Waals surface area contributed by atoms with Gasteiger partial charge < -0.3 is 0 Å². The smallest absolute Gasteiger partial charge is 0.262 e. The molecule has 2 heterocycles. The number of imide groups is 2. The van der Waals surface area contributed by atoms with E-state index in [1.807, 2.05) is 0 Å². The van der Waals surface area contributed by atoms with Crippen LogP contribution < -0.4 is 0 Å². The number of benzene rings is 2. The number of amides is 4. The summed E-state index contributed by atoms with van der Waals surface area (Å²) in [6.45, 7) is 9.82. The van der Waals surface area contributed by atoms with Crippen molar-refractivity contribution in [1.29, 1.82) is 0 Å². The third-order valence-corrected chi connectivity index (χ3v) is 14.5. The van der Waals surface area contributed by atoms with Gasteiger partial charge in [0.25, 0.3) is 23.6 Å². The van der Waals surface area contributed by atoms with Gasteiger partial charge in [-0.25, -0.2) is 0 Å². The van der Waals surface area contributed by atoms with E-state index in [0.29, 0.717) is 50.6 Å². The summed E-state index contributed by atoms with van der Waals surface area (Å²) in [5, 5.41) is 0.939. The number of unbranched alkanes of at least 4 members (excludes halogenated alkanes) is 24. The summed E-state index contributed by atoms with van der Waals surface area (Å²) in [4.78, 5) is 60.7. The van der Waals surface area contributed by atoms with Crippen LogP contribution in [0.25, 0.3) is 10.8 Å². The zero-order valence-electron chi connectivity index (χ0n) is 39.3. The largest absolute Gasteiger partial charge is 0.274 e. The molecule has 2 aliphatic heterocycles. The minimum atomic E-state index is -0.316. The minimum Gasteiger partial charge on any atom is -0.274 e. The molecule has 4 rings (SSSR count). The summed E-state index contributed by atoms with van der Waals surface area (Å²) in [5.74, 6) is -0.722. The Morgan fingerprint density at radius 1 is 0.393 bits per heavy atom. The van der Waals surface area contributed by atoms with Crippen LogP contribution in [-0.2, 0) is 0 Å². The van der Waals surface area contributed by atoms with Crippen molar-refractivity contribution in [3.63, 3.8) is 0 Å². The van der Waals surface area contributed by atoms with Gasteiger partial charge in [0.05, 0.1) is 5.56 Å². The van der Waals surface area contributed by atoms with Crippen molar-refractivity contribution in [1.82, 2.24) is 9.80 Å². The first-order chi connectivity index (χ1) is 29.8. The first-order valence-electron chi connectivity index (χ1n) is 25.8. The molecule has 61 heavy (non-hydrogen) atoms. The van der Waals surface area contributed by atoms with Crippen molar-refractivity contribution < 1.29 is 19.2 Å². The van der Waals surface area contributed by atoms with E-state index < -0.39 is 0 Å². The monoisotopic (exact) mass is 905 g/mol. The van der Waals surface area contributed by atoms with E-state index in [1.54, 1.807) is 18.2 Å². The molecule has 0 N–H and O–H groups in total. The normalized spacial score (nSPS) is 14.8. The topological polar surface area (TPSA) is 74.8 Å². The summed E-state index contributed by atoms with van der Waals surface area (Å²) >= 11 is 3.72. The van der Waals surface area contributed by atoms with E-state index in [2.05, 4.69) is 43.6 Å². The van der Waals surface area contributed by atoms with Crippen LogP contribution in [0.2, 0.25) is 0 Å². The van der Waals surface area contributed by atoms with Crippen LogP contribution in [0.3, 0.4) is 0 Å². The SMILES string of the molecule is CCCCCCCCCCC(CCCCCCCC)CN1C(=O)c2ccc3c4c(c(Br)cc(c24)C1=O)C(=O)N(CC(CCCCCCCC)CCCCCCCCCC)C3=O. The van der Waals surface area contributed by atoms with Gasteiger partial charge in [-0.05, 0) is 71.6 Å². The molecule has 0 saturated carbocycles. The van der Waals surface area contributed by atoms with E-state index in [9.17, 15) is 19.2 Å². The number of hydrogen-bond acceptors (Lipinski definition) is 4. The van der Waals surface area contributed by atoms with Gasteiger partial charge >= 0.3 is 0 Å². The number of carbonyl (C=O) groups is 4. The predicted molar refractivity (Wildman–Crippen MR) is 260 cm³/mol. The molecule has 2 atom stereocenters. The van der Waals surface area contributed by atoms with Crippen molar-refractivity contribution in [3.05, 3.63) is 44.9 Å². The molecule has 6 nitrogen and oxygen atoms in total. The molecule has 7 heteroatoms. The summed E-state index contributed by atoms with van der Waals surface area (Å²) < 4.78 is 0.525. The minimum absolute atomic E-state index is 0.249. The second-order valence-electron chi connectivity index (χ2n) is 19.0. The second-order valence-corrected chi connectivity index (χ2v) is 19.9. The van der Waals surface area contributed by atoms with E-state index >= 15 is 0 Å². The lowest BCUT2D eigenvalue weighted by Gasteiger charge is -2.35. The maximum Gasteiger partial charge on any atom is 0.262 e. The Kier molecular flexibility index (Phi) is 24.3. The van der Waals surface area contributed by atoms with Gasteiger partial charge in [-0.15, -0.1) is 0 Å². The number of nitrogens with zero attached hydrogens (tertiary/aromatic N) is 2. The third-order valence-electron chi connectivity index (χ3n) is 13.9. The van der Waals surface area contributed by atoms with E-state index in [0.717, 1.165) is 51.4 Å². The first kappa shape index (κ1) is 51.1. The Morgan fingerprint density at radius 2 is 0.689 bits per heavy atom. The molecular formula is C54H85BrN2O4. The molecule has 2 aromatic rings. The summed E-state index contributed by atoms with van der Waals surface area (Å²) in [6, 6.07) is 5.26. The van der Waals surface area contributed by atoms with Gasteiger partial charge in [-0.2, -0.15) is 0 Å². The maximum absolute atomic E-state index is 14.5. The van der Waals surface area contributed by atoms with Crippen LogP contribution in [0, 0.1) is 11.8 Å². The number of hydrogen-bond donors (Lipinski definition) is 0. The fourth-order valence-corrected chi connectivity index (χ4v) is 10.7. The molecule has 0 saturated heterocycles. The molecule has 0 aromatic heterocycles. The van der Waals surface area contributed by atoms with Gasteiger partial charge in [-0.1, -0.05) is 207 Å². The van der Waals surface area contributed by atoms with Crippen LogP contribution in [0.4, 0.5) is 0 Å². The van der Waals surface area contributed by atoms with Gasteiger partial charge in [0.15, 0.2) is 0 Å². The molecular weight excluding hydrogens is 821 g/mol. The molecule has 2 aliphatic rings. The highest BCUT2D eigenvalue weighted by atomic mass is 79.9. The third kappa shape index (κ3) is 15.6. The molecule has 342 valence electrons. The Bertz CT molecular complexity index is 1650. The lowest BCUT2D eigenvalue weighted by atomic mass is 9.84. The van der Waals surface area contributed by atoms with Crippen LogP contribution in [0.15, 0.2) is 22.7 Å². The Morgan fingerprint density at radius 3 is 1.05 bits per heavy atom. The molecule has 2 unspecified atom stereocenters. The van der Waals surface area contributed by atoms with Gasteiger partial charge in [0.2, 0.25) is 0 Å². The van der Waals surface area contributed by atoms with Gasteiger partial charge in [0.1, 0.15) is 0 Å². The quantitative estimate of drug-likeness (QED) is 0.0504. The molecule has 0 fully saturated rings. The van der Waals surface area contributed by atoms with Crippen molar-refractivity contribution >= 4 is 50.3 Å². The summed E-state index contributed by atoms with van der Waals surface area (Å²) in [6.07, 6.45) is 38.8. The average molecular weight is 906 g/mol. The highest BCUT2D eigenvalue weighted by molar-refractivity contribution is 9.10. The van der Waals surface area contributed by atoms with Crippen LogP contribution in [0.5, 0.6) is 0 Å². The van der Waals surface area contributed by atoms with Crippen LogP contribution in [-0.4, -0.2) is 46.5 Å². The fraction of sp³-hybridized carbons (Fsp3) is 0.741. The van der Waals surface area contributed by atoms with Crippen molar-refractivity contribution in [3.8, 4) is 0 Å². The maximum atomic E-state index is 14.5. The van der Waals surface area contributed by atoms with E-state index in [1.165, 1.54) is 164 Å². The molecule has 0 spiro atoms. The molecule has 0 aliphatic carbocycles. The molecule has 4 amide bonds. The molecule has 2 aromatic carbocycles. The lowest BCUT2D eigenvalue weighted by Crippen LogP contribution is -2.45. The van der Waals surface area contributed by atoms with Gasteiger partial charge in [-0.3, -0.25) is 29.0 Å². The first-order valence-corrected chi connectivity index (χ1v) is 26.6. The highest BCUT2D eigenvalue weighted by Gasteiger charge is 2.42. The average Bonchev–Trinajstić information content (AvgIpc) is 3.25. The predicted octanol–water partition coefficient (Wildman–Crippen LogP) is 16.6.